The first-order valence-electron chi connectivity index (χ1n) is 12.7. The number of nitrogens with zero attached hydrogens (tertiary/aromatic N) is 4. The van der Waals surface area contributed by atoms with Gasteiger partial charge in [-0.2, -0.15) is 14.1 Å². The normalized spacial score (nSPS) is 17.5. The number of aryl methyl sites for hydroxylation is 2. The Kier molecular flexibility index (Phi) is 6.85. The van der Waals surface area contributed by atoms with Gasteiger partial charge >= 0.3 is 5.56 Å². The van der Waals surface area contributed by atoms with Crippen molar-refractivity contribution in [1.29, 1.82) is 0 Å². The standard InChI is InChI=1S/C28H34N4O4S/c1-21-6-4-8-23(16-21)19-37(34,35)31-14-12-30(13-15-31)25-18-29-32(24-9-5-7-22(2)17-24)27(33)26(25)36-20-28(3)10-11-28/h4-9,16-18H,10-15,19-20H2,1-3H3. The van der Waals surface area contributed by atoms with Crippen LogP contribution in [-0.2, 0) is 15.8 Å². The molecule has 0 radical (unpaired) electrons. The molecule has 9 heteroatoms. The zero-order chi connectivity index (χ0) is 26.2. The summed E-state index contributed by atoms with van der Waals surface area (Å²) in [6, 6.07) is 15.2. The minimum Gasteiger partial charge on any atom is -0.486 e. The van der Waals surface area contributed by atoms with Gasteiger partial charge in [-0.05, 0) is 49.9 Å². The molecular weight excluding hydrogens is 488 g/mol. The van der Waals surface area contributed by atoms with Crippen molar-refractivity contribution in [1.82, 2.24) is 14.1 Å². The molecule has 37 heavy (non-hydrogen) atoms. The highest BCUT2D eigenvalue weighted by Crippen LogP contribution is 2.45. The number of aromatic nitrogens is 2. The fraction of sp³-hybridized carbons (Fsp3) is 0.429. The summed E-state index contributed by atoms with van der Waals surface area (Å²) in [5.41, 5.74) is 3.96. The van der Waals surface area contributed by atoms with Crippen LogP contribution in [0.1, 0.15) is 36.5 Å². The molecule has 0 spiro atoms. The molecule has 0 unspecified atom stereocenters. The first-order valence-corrected chi connectivity index (χ1v) is 14.4. The Morgan fingerprint density at radius 1 is 0.973 bits per heavy atom. The molecule has 0 atom stereocenters. The lowest BCUT2D eigenvalue weighted by Crippen LogP contribution is -2.49. The number of ether oxygens (including phenoxy) is 1. The van der Waals surface area contributed by atoms with E-state index in [9.17, 15) is 13.2 Å². The molecule has 0 amide bonds. The predicted octanol–water partition coefficient (Wildman–Crippen LogP) is 3.68. The molecule has 1 saturated carbocycles. The maximum Gasteiger partial charge on any atom is 0.316 e. The molecule has 3 aromatic rings. The summed E-state index contributed by atoms with van der Waals surface area (Å²) in [6.07, 6.45) is 3.83. The zero-order valence-corrected chi connectivity index (χ0v) is 22.5. The molecular formula is C28H34N4O4S. The minimum absolute atomic E-state index is 0.0181. The fourth-order valence-corrected chi connectivity index (χ4v) is 6.15. The van der Waals surface area contributed by atoms with Gasteiger partial charge in [0.15, 0.2) is 0 Å². The lowest BCUT2D eigenvalue weighted by molar-refractivity contribution is 0.242. The van der Waals surface area contributed by atoms with Gasteiger partial charge in [-0.3, -0.25) is 4.79 Å². The molecule has 2 aromatic carbocycles. The van der Waals surface area contributed by atoms with Crippen LogP contribution in [-0.4, -0.2) is 55.3 Å². The van der Waals surface area contributed by atoms with Crippen LogP contribution in [0, 0.1) is 19.3 Å². The van der Waals surface area contributed by atoms with Crippen molar-refractivity contribution in [3.05, 3.63) is 81.8 Å². The number of hydrogen-bond donors (Lipinski definition) is 0. The Hall–Kier alpha value is -3.17. The van der Waals surface area contributed by atoms with Gasteiger partial charge in [0.05, 0.1) is 24.2 Å². The lowest BCUT2D eigenvalue weighted by Gasteiger charge is -2.35. The van der Waals surface area contributed by atoms with Crippen molar-refractivity contribution in [2.24, 2.45) is 5.41 Å². The van der Waals surface area contributed by atoms with Gasteiger partial charge in [0, 0.05) is 31.6 Å². The Morgan fingerprint density at radius 2 is 1.65 bits per heavy atom. The van der Waals surface area contributed by atoms with Gasteiger partial charge < -0.3 is 9.64 Å². The Balaban J connectivity index is 1.37. The van der Waals surface area contributed by atoms with Crippen molar-refractivity contribution >= 4 is 15.7 Å². The van der Waals surface area contributed by atoms with Crippen LogP contribution >= 0.6 is 0 Å². The summed E-state index contributed by atoms with van der Waals surface area (Å²) in [7, 11) is -3.45. The summed E-state index contributed by atoms with van der Waals surface area (Å²) in [5, 5.41) is 4.47. The smallest absolute Gasteiger partial charge is 0.316 e. The van der Waals surface area contributed by atoms with Gasteiger partial charge in [0.1, 0.15) is 5.69 Å². The predicted molar refractivity (Wildman–Crippen MR) is 145 cm³/mol. The monoisotopic (exact) mass is 522 g/mol. The maximum atomic E-state index is 13.6. The van der Waals surface area contributed by atoms with Gasteiger partial charge in [-0.1, -0.05) is 48.9 Å². The molecule has 2 fully saturated rings. The number of sulfonamides is 1. The van der Waals surface area contributed by atoms with Gasteiger partial charge in [-0.25, -0.2) is 8.42 Å². The number of benzene rings is 2. The van der Waals surface area contributed by atoms with E-state index in [0.29, 0.717) is 44.2 Å². The highest BCUT2D eigenvalue weighted by molar-refractivity contribution is 7.88. The second kappa shape index (κ2) is 9.95. The van der Waals surface area contributed by atoms with Gasteiger partial charge in [0.25, 0.3) is 0 Å². The molecule has 1 aliphatic carbocycles. The third-order valence-corrected chi connectivity index (χ3v) is 9.08. The third-order valence-electron chi connectivity index (χ3n) is 7.23. The van der Waals surface area contributed by atoms with E-state index in [1.807, 2.05) is 67.3 Å². The largest absolute Gasteiger partial charge is 0.486 e. The molecule has 8 nitrogen and oxygen atoms in total. The van der Waals surface area contributed by atoms with Crippen LogP contribution in [0.4, 0.5) is 5.69 Å². The zero-order valence-electron chi connectivity index (χ0n) is 21.7. The van der Waals surface area contributed by atoms with E-state index in [-0.39, 0.29) is 22.5 Å². The summed E-state index contributed by atoms with van der Waals surface area (Å²) >= 11 is 0. The van der Waals surface area contributed by atoms with Crippen molar-refractivity contribution in [3.8, 4) is 11.4 Å². The number of anilines is 1. The second-order valence-corrected chi connectivity index (χ2v) is 12.6. The summed E-state index contributed by atoms with van der Waals surface area (Å²) in [4.78, 5) is 15.6. The van der Waals surface area contributed by atoms with Crippen LogP contribution < -0.4 is 15.2 Å². The number of rotatable bonds is 8. The molecule has 196 valence electrons. The Bertz CT molecular complexity index is 1450. The SMILES string of the molecule is Cc1cccc(CS(=O)(=O)N2CCN(c3cnn(-c4cccc(C)c4)c(=O)c3OCC3(C)CC3)CC2)c1. The van der Waals surface area contributed by atoms with E-state index in [1.165, 1.54) is 4.68 Å². The lowest BCUT2D eigenvalue weighted by atomic mass is 10.2. The molecule has 2 aliphatic rings. The number of hydrogen-bond acceptors (Lipinski definition) is 6. The van der Waals surface area contributed by atoms with Crippen molar-refractivity contribution in [3.63, 3.8) is 0 Å². The van der Waals surface area contributed by atoms with Crippen LogP contribution in [0.25, 0.3) is 5.69 Å². The highest BCUT2D eigenvalue weighted by Gasteiger charge is 2.39. The van der Waals surface area contributed by atoms with E-state index in [0.717, 1.165) is 29.5 Å². The van der Waals surface area contributed by atoms with E-state index >= 15 is 0 Å². The van der Waals surface area contributed by atoms with E-state index < -0.39 is 10.0 Å². The van der Waals surface area contributed by atoms with Crippen LogP contribution in [0.15, 0.2) is 59.5 Å². The molecule has 5 rings (SSSR count). The second-order valence-electron chi connectivity index (χ2n) is 10.6. The van der Waals surface area contributed by atoms with Crippen molar-refractivity contribution < 1.29 is 13.2 Å². The van der Waals surface area contributed by atoms with E-state index in [4.69, 9.17) is 4.74 Å². The fourth-order valence-electron chi connectivity index (χ4n) is 4.65. The van der Waals surface area contributed by atoms with Crippen LogP contribution in [0.5, 0.6) is 5.75 Å². The average Bonchev–Trinajstić information content (AvgIpc) is 3.60. The summed E-state index contributed by atoms with van der Waals surface area (Å²) < 4.78 is 35.3. The first-order chi connectivity index (χ1) is 17.6. The molecule has 1 saturated heterocycles. The minimum atomic E-state index is -3.45. The molecule has 0 N–H and O–H groups in total. The summed E-state index contributed by atoms with van der Waals surface area (Å²) in [5.74, 6) is 0.260. The van der Waals surface area contributed by atoms with E-state index in [2.05, 4.69) is 12.0 Å². The average molecular weight is 523 g/mol. The quantitative estimate of drug-likeness (QED) is 0.449. The van der Waals surface area contributed by atoms with Crippen LogP contribution in [0.3, 0.4) is 0 Å². The molecule has 1 aliphatic heterocycles. The topological polar surface area (TPSA) is 84.7 Å². The van der Waals surface area contributed by atoms with E-state index in [1.54, 1.807) is 10.5 Å². The third kappa shape index (κ3) is 5.72. The highest BCUT2D eigenvalue weighted by atomic mass is 32.2. The Morgan fingerprint density at radius 3 is 2.30 bits per heavy atom. The number of piperazine rings is 1. The Labute approximate surface area is 218 Å². The maximum absolute atomic E-state index is 13.6. The first kappa shape index (κ1) is 25.5. The van der Waals surface area contributed by atoms with Gasteiger partial charge in [0.2, 0.25) is 15.8 Å². The molecule has 0 bridgehead atoms. The summed E-state index contributed by atoms with van der Waals surface area (Å²) in [6.45, 7) is 8.15. The molecule has 2 heterocycles. The van der Waals surface area contributed by atoms with Crippen molar-refractivity contribution in [2.45, 2.75) is 39.4 Å². The van der Waals surface area contributed by atoms with Gasteiger partial charge in [-0.15, -0.1) is 0 Å². The molecule has 1 aromatic heterocycles. The van der Waals surface area contributed by atoms with Crippen LogP contribution in [0.2, 0.25) is 0 Å². The van der Waals surface area contributed by atoms with Crippen molar-refractivity contribution in [2.75, 3.05) is 37.7 Å².